The summed E-state index contributed by atoms with van der Waals surface area (Å²) in [7, 11) is 0. The Labute approximate surface area is 164 Å². The predicted octanol–water partition coefficient (Wildman–Crippen LogP) is 5.57. The van der Waals surface area contributed by atoms with Gasteiger partial charge in [0.1, 0.15) is 0 Å². The number of thioether (sulfide) groups is 1. The van der Waals surface area contributed by atoms with Crippen molar-refractivity contribution in [1.82, 2.24) is 4.90 Å². The molecule has 0 saturated heterocycles. The fourth-order valence-corrected chi connectivity index (χ4v) is 5.68. The Morgan fingerprint density at radius 3 is 2.77 bits per heavy atom. The summed E-state index contributed by atoms with van der Waals surface area (Å²) in [6.45, 7) is 4.28. The first-order valence-corrected chi connectivity index (χ1v) is 11.1. The molecule has 0 aliphatic heterocycles. The van der Waals surface area contributed by atoms with E-state index < -0.39 is 5.97 Å². The van der Waals surface area contributed by atoms with Crippen molar-refractivity contribution in [1.29, 1.82) is 0 Å². The Hall–Kier alpha value is -1.30. The van der Waals surface area contributed by atoms with Gasteiger partial charge < -0.3 is 5.11 Å². The minimum Gasteiger partial charge on any atom is -0.481 e. The van der Waals surface area contributed by atoms with Gasteiger partial charge in [0.05, 0.1) is 6.42 Å². The average Bonchev–Trinajstić information content (AvgIpc) is 3.25. The van der Waals surface area contributed by atoms with Crippen molar-refractivity contribution in [3.63, 3.8) is 0 Å². The lowest BCUT2D eigenvalue weighted by atomic mass is 10.2. The number of thiophene rings is 1. The number of carbonyl (C=O) groups is 1. The summed E-state index contributed by atoms with van der Waals surface area (Å²) in [4.78, 5) is 15.9. The molecule has 1 N–H and O–H groups in total. The van der Waals surface area contributed by atoms with E-state index in [0.717, 1.165) is 18.3 Å². The third kappa shape index (κ3) is 6.15. The van der Waals surface area contributed by atoms with Crippen LogP contribution in [0.4, 0.5) is 0 Å². The number of aliphatic carboxylic acids is 1. The molecule has 3 nitrogen and oxygen atoms in total. The Kier molecular flexibility index (Phi) is 7.17. The summed E-state index contributed by atoms with van der Waals surface area (Å²) in [5, 5.41) is 12.0. The van der Waals surface area contributed by atoms with Gasteiger partial charge in [0, 0.05) is 34.7 Å². The number of benzene rings is 1. The standard InChI is InChI=1S/C21H27NO2S2/c1-16-11-20(25-15-16)14-22(10-9-21(23)24)13-17-5-4-8-19(12-17)26-18-6-2-3-7-18/h4-5,8,11-12,15,18H,2-3,6-7,9-10,13-14H2,1H3,(H,23,24). The van der Waals surface area contributed by atoms with Gasteiger partial charge in [-0.2, -0.15) is 0 Å². The Balaban J connectivity index is 1.65. The lowest BCUT2D eigenvalue weighted by molar-refractivity contribution is -0.137. The fraction of sp³-hybridized carbons (Fsp3) is 0.476. The monoisotopic (exact) mass is 389 g/mol. The summed E-state index contributed by atoms with van der Waals surface area (Å²) in [6, 6.07) is 11.0. The molecule has 140 valence electrons. The molecule has 2 aromatic rings. The molecule has 0 bridgehead atoms. The van der Waals surface area contributed by atoms with Crippen LogP contribution >= 0.6 is 23.1 Å². The normalized spacial score (nSPS) is 15.0. The largest absolute Gasteiger partial charge is 0.481 e. The molecule has 5 heteroatoms. The second-order valence-corrected chi connectivity index (χ2v) is 9.49. The van der Waals surface area contributed by atoms with E-state index in [4.69, 9.17) is 5.11 Å². The molecule has 1 aliphatic carbocycles. The van der Waals surface area contributed by atoms with Crippen molar-refractivity contribution < 1.29 is 9.90 Å². The Bertz CT molecular complexity index is 722. The number of rotatable bonds is 9. The molecule has 0 spiro atoms. The van der Waals surface area contributed by atoms with Gasteiger partial charge in [-0.15, -0.1) is 23.1 Å². The van der Waals surface area contributed by atoms with E-state index in [1.165, 1.54) is 46.6 Å². The molecule has 1 saturated carbocycles. The molecular formula is C21H27NO2S2. The number of carboxylic acid groups (broad SMARTS) is 1. The second kappa shape index (κ2) is 9.58. The van der Waals surface area contributed by atoms with Crippen molar-refractivity contribution in [2.75, 3.05) is 6.54 Å². The maximum atomic E-state index is 11.0. The molecule has 1 aromatic carbocycles. The highest BCUT2D eigenvalue weighted by molar-refractivity contribution is 8.00. The predicted molar refractivity (Wildman–Crippen MR) is 110 cm³/mol. The zero-order chi connectivity index (χ0) is 18.4. The number of hydrogen-bond acceptors (Lipinski definition) is 4. The molecule has 26 heavy (non-hydrogen) atoms. The van der Waals surface area contributed by atoms with Gasteiger partial charge in [0.25, 0.3) is 0 Å². The first-order valence-electron chi connectivity index (χ1n) is 9.32. The highest BCUT2D eigenvalue weighted by Gasteiger charge is 2.16. The van der Waals surface area contributed by atoms with Crippen molar-refractivity contribution in [3.05, 3.63) is 51.7 Å². The second-order valence-electron chi connectivity index (χ2n) is 7.12. The van der Waals surface area contributed by atoms with E-state index in [1.54, 1.807) is 11.3 Å². The van der Waals surface area contributed by atoms with E-state index >= 15 is 0 Å². The van der Waals surface area contributed by atoms with E-state index in [0.29, 0.717) is 6.54 Å². The molecule has 0 atom stereocenters. The Morgan fingerprint density at radius 2 is 2.08 bits per heavy atom. The number of nitrogens with zero attached hydrogens (tertiary/aromatic N) is 1. The van der Waals surface area contributed by atoms with E-state index in [-0.39, 0.29) is 6.42 Å². The lowest BCUT2D eigenvalue weighted by Crippen LogP contribution is -2.25. The van der Waals surface area contributed by atoms with Crippen LogP contribution in [0.15, 0.2) is 40.6 Å². The van der Waals surface area contributed by atoms with Crippen LogP contribution in [0.1, 0.15) is 48.1 Å². The maximum Gasteiger partial charge on any atom is 0.304 e. The maximum absolute atomic E-state index is 11.0. The summed E-state index contributed by atoms with van der Waals surface area (Å²) in [5.74, 6) is -0.733. The zero-order valence-electron chi connectivity index (χ0n) is 15.3. The van der Waals surface area contributed by atoms with Gasteiger partial charge >= 0.3 is 5.97 Å². The van der Waals surface area contributed by atoms with Gasteiger partial charge in [-0.25, -0.2) is 0 Å². The summed E-state index contributed by atoms with van der Waals surface area (Å²) >= 11 is 3.76. The molecule has 1 heterocycles. The minimum atomic E-state index is -0.733. The van der Waals surface area contributed by atoms with Gasteiger partial charge in [0.15, 0.2) is 0 Å². The molecule has 1 fully saturated rings. The molecule has 0 radical (unpaired) electrons. The minimum absolute atomic E-state index is 0.181. The van der Waals surface area contributed by atoms with Gasteiger partial charge in [-0.1, -0.05) is 25.0 Å². The number of aryl methyl sites for hydroxylation is 1. The van der Waals surface area contributed by atoms with Crippen LogP contribution in [0, 0.1) is 6.92 Å². The van der Waals surface area contributed by atoms with Crippen LogP contribution < -0.4 is 0 Å². The summed E-state index contributed by atoms with van der Waals surface area (Å²) in [5.41, 5.74) is 2.55. The lowest BCUT2D eigenvalue weighted by Gasteiger charge is -2.21. The molecular weight excluding hydrogens is 362 g/mol. The van der Waals surface area contributed by atoms with E-state index in [2.05, 4.69) is 47.5 Å². The molecule has 1 aliphatic rings. The molecule has 1 aromatic heterocycles. The number of carboxylic acids is 1. The summed E-state index contributed by atoms with van der Waals surface area (Å²) in [6.07, 6.45) is 5.57. The Morgan fingerprint density at radius 1 is 1.27 bits per heavy atom. The van der Waals surface area contributed by atoms with Crippen LogP contribution in [0.25, 0.3) is 0 Å². The third-order valence-electron chi connectivity index (χ3n) is 4.72. The van der Waals surface area contributed by atoms with E-state index in [9.17, 15) is 4.79 Å². The van der Waals surface area contributed by atoms with Crippen LogP contribution in [-0.4, -0.2) is 27.8 Å². The van der Waals surface area contributed by atoms with Gasteiger partial charge in [-0.05, 0) is 54.5 Å². The van der Waals surface area contributed by atoms with E-state index in [1.807, 2.05) is 11.8 Å². The van der Waals surface area contributed by atoms with Gasteiger partial charge in [-0.3, -0.25) is 9.69 Å². The molecule has 3 rings (SSSR count). The van der Waals surface area contributed by atoms with Crippen LogP contribution in [-0.2, 0) is 17.9 Å². The summed E-state index contributed by atoms with van der Waals surface area (Å²) < 4.78 is 0. The zero-order valence-corrected chi connectivity index (χ0v) is 17.0. The van der Waals surface area contributed by atoms with Crippen molar-refractivity contribution in [3.8, 4) is 0 Å². The first kappa shape index (κ1) is 19.5. The van der Waals surface area contributed by atoms with Crippen LogP contribution in [0.5, 0.6) is 0 Å². The molecule has 0 unspecified atom stereocenters. The topological polar surface area (TPSA) is 40.5 Å². The SMILES string of the molecule is Cc1csc(CN(CCC(=O)O)Cc2cccc(SC3CCCC3)c2)c1. The number of hydrogen-bond donors (Lipinski definition) is 1. The van der Waals surface area contributed by atoms with Crippen molar-refractivity contribution in [2.45, 2.75) is 62.3 Å². The smallest absolute Gasteiger partial charge is 0.304 e. The van der Waals surface area contributed by atoms with Gasteiger partial charge in [0.2, 0.25) is 0 Å². The average molecular weight is 390 g/mol. The van der Waals surface area contributed by atoms with Crippen LogP contribution in [0.2, 0.25) is 0 Å². The molecule has 0 amide bonds. The highest BCUT2D eigenvalue weighted by atomic mass is 32.2. The van der Waals surface area contributed by atoms with Crippen molar-refractivity contribution >= 4 is 29.1 Å². The highest BCUT2D eigenvalue weighted by Crippen LogP contribution is 2.35. The fourth-order valence-electron chi connectivity index (χ4n) is 3.44. The van der Waals surface area contributed by atoms with Crippen LogP contribution in [0.3, 0.4) is 0 Å². The van der Waals surface area contributed by atoms with Crippen molar-refractivity contribution in [2.24, 2.45) is 0 Å². The third-order valence-corrected chi connectivity index (χ3v) is 7.09. The first-order chi connectivity index (χ1) is 12.6. The quantitative estimate of drug-likeness (QED) is 0.609.